The monoisotopic (exact) mass is 457 g/mol. The van der Waals surface area contributed by atoms with Crippen LogP contribution < -0.4 is 0 Å². The highest BCUT2D eigenvalue weighted by Crippen LogP contribution is 2.28. The van der Waals surface area contributed by atoms with Crippen molar-refractivity contribution in [2.45, 2.75) is 44.1 Å². The number of carbonyl (C=O) groups excluding carboxylic acids is 3. The smallest absolute Gasteiger partial charge is 0.411 e. The highest BCUT2D eigenvalue weighted by Gasteiger charge is 2.42. The first-order chi connectivity index (χ1) is 12.6. The molecule has 0 aliphatic carbocycles. The minimum absolute atomic E-state index is 0.122. The van der Waals surface area contributed by atoms with Gasteiger partial charge in [-0.1, -0.05) is 28.1 Å². The third-order valence-electron chi connectivity index (χ3n) is 4.01. The van der Waals surface area contributed by atoms with Crippen molar-refractivity contribution in [2.24, 2.45) is 0 Å². The molecular formula is C19H24BrNO5S. The predicted octanol–water partition coefficient (Wildman–Crippen LogP) is 3.92. The molecule has 0 unspecified atom stereocenters. The average Bonchev–Trinajstić information content (AvgIpc) is 3.03. The van der Waals surface area contributed by atoms with E-state index < -0.39 is 23.7 Å². The van der Waals surface area contributed by atoms with Crippen molar-refractivity contribution in [3.63, 3.8) is 0 Å². The molecule has 0 saturated carbocycles. The normalized spacial score (nSPS) is 19.7. The SMILES string of the molecule is CS[C@H]1C[C@@H](C(=O)OCC(=O)c2ccc(Br)cc2)N(C(=O)OC(C)(C)C)C1. The number of amides is 1. The largest absolute Gasteiger partial charge is 0.456 e. The number of benzene rings is 1. The van der Waals surface area contributed by atoms with Gasteiger partial charge >= 0.3 is 12.1 Å². The molecule has 0 aromatic heterocycles. The van der Waals surface area contributed by atoms with Gasteiger partial charge in [0.25, 0.3) is 0 Å². The van der Waals surface area contributed by atoms with Crippen molar-refractivity contribution in [3.8, 4) is 0 Å². The van der Waals surface area contributed by atoms with E-state index in [9.17, 15) is 14.4 Å². The molecule has 27 heavy (non-hydrogen) atoms. The third kappa shape index (κ3) is 6.24. The van der Waals surface area contributed by atoms with E-state index in [-0.39, 0.29) is 17.6 Å². The van der Waals surface area contributed by atoms with E-state index >= 15 is 0 Å². The highest BCUT2D eigenvalue weighted by molar-refractivity contribution is 9.10. The summed E-state index contributed by atoms with van der Waals surface area (Å²) in [5.41, 5.74) is -0.191. The molecule has 1 heterocycles. The fourth-order valence-corrected chi connectivity index (χ4v) is 3.61. The Morgan fingerprint density at radius 3 is 2.41 bits per heavy atom. The molecule has 1 aromatic rings. The number of ether oxygens (including phenoxy) is 2. The number of likely N-dealkylation sites (tertiary alicyclic amines) is 1. The summed E-state index contributed by atoms with van der Waals surface area (Å²) in [7, 11) is 0. The van der Waals surface area contributed by atoms with Gasteiger partial charge in [-0.2, -0.15) is 11.8 Å². The summed E-state index contributed by atoms with van der Waals surface area (Å²) in [4.78, 5) is 38.6. The van der Waals surface area contributed by atoms with Gasteiger partial charge in [0.15, 0.2) is 12.4 Å². The van der Waals surface area contributed by atoms with Crippen LogP contribution in [0.1, 0.15) is 37.6 Å². The molecule has 1 aliphatic heterocycles. The Bertz CT molecular complexity index is 701. The maximum absolute atomic E-state index is 12.5. The number of ketones is 1. The van der Waals surface area contributed by atoms with E-state index in [1.165, 1.54) is 4.90 Å². The number of carbonyl (C=O) groups is 3. The summed E-state index contributed by atoms with van der Waals surface area (Å²) in [6.07, 6.45) is 1.87. The lowest BCUT2D eigenvalue weighted by molar-refractivity contribution is -0.147. The molecule has 148 valence electrons. The Morgan fingerprint density at radius 2 is 1.85 bits per heavy atom. The zero-order valence-corrected chi connectivity index (χ0v) is 18.3. The Morgan fingerprint density at radius 1 is 1.22 bits per heavy atom. The van der Waals surface area contributed by atoms with Gasteiger partial charge in [-0.05, 0) is 45.6 Å². The van der Waals surface area contributed by atoms with Crippen LogP contribution in [-0.2, 0) is 14.3 Å². The molecule has 2 atom stereocenters. The highest BCUT2D eigenvalue weighted by atomic mass is 79.9. The summed E-state index contributed by atoms with van der Waals surface area (Å²) < 4.78 is 11.5. The molecule has 1 fully saturated rings. The van der Waals surface area contributed by atoms with Crippen LogP contribution in [-0.4, -0.2) is 59.0 Å². The first-order valence-electron chi connectivity index (χ1n) is 8.58. The lowest BCUT2D eigenvalue weighted by atomic mass is 10.1. The lowest BCUT2D eigenvalue weighted by Crippen LogP contribution is -2.44. The quantitative estimate of drug-likeness (QED) is 0.492. The first kappa shape index (κ1) is 21.8. The van der Waals surface area contributed by atoms with Gasteiger partial charge in [0, 0.05) is 21.8 Å². The second-order valence-corrected chi connectivity index (χ2v) is 9.33. The van der Waals surface area contributed by atoms with Crippen LogP contribution in [0.25, 0.3) is 0 Å². The summed E-state index contributed by atoms with van der Waals surface area (Å²) in [5.74, 6) is -0.873. The van der Waals surface area contributed by atoms with Gasteiger partial charge in [0.05, 0.1) is 0 Å². The number of Topliss-reactive ketones (excluding diaryl/α,β-unsaturated/α-hetero) is 1. The Labute approximate surface area is 172 Å². The molecular weight excluding hydrogens is 434 g/mol. The number of hydrogen-bond acceptors (Lipinski definition) is 6. The van der Waals surface area contributed by atoms with E-state index in [2.05, 4.69) is 15.9 Å². The fraction of sp³-hybridized carbons (Fsp3) is 0.526. The zero-order chi connectivity index (χ0) is 20.2. The minimum atomic E-state index is -0.741. The van der Waals surface area contributed by atoms with Crippen LogP contribution >= 0.6 is 27.7 Å². The van der Waals surface area contributed by atoms with Crippen LogP contribution in [0.15, 0.2) is 28.7 Å². The van der Waals surface area contributed by atoms with Gasteiger partial charge in [-0.15, -0.1) is 0 Å². The second kappa shape index (κ2) is 9.10. The summed E-state index contributed by atoms with van der Waals surface area (Å²) in [6, 6.07) is 6.08. The first-order valence-corrected chi connectivity index (χ1v) is 10.7. The number of thioether (sulfide) groups is 1. The number of hydrogen-bond donors (Lipinski definition) is 0. The van der Waals surface area contributed by atoms with Crippen LogP contribution in [0.2, 0.25) is 0 Å². The third-order valence-corrected chi connectivity index (χ3v) is 5.54. The Hall–Kier alpha value is -1.54. The Balaban J connectivity index is 2.00. The summed E-state index contributed by atoms with van der Waals surface area (Å²) in [6.45, 7) is 5.38. The van der Waals surface area contributed by atoms with Crippen LogP contribution in [0, 0.1) is 0 Å². The summed E-state index contributed by atoms with van der Waals surface area (Å²) >= 11 is 4.89. The zero-order valence-electron chi connectivity index (χ0n) is 15.9. The van der Waals surface area contributed by atoms with Gasteiger partial charge < -0.3 is 9.47 Å². The number of rotatable bonds is 5. The van der Waals surface area contributed by atoms with E-state index in [0.29, 0.717) is 18.5 Å². The minimum Gasteiger partial charge on any atom is -0.456 e. The van der Waals surface area contributed by atoms with Crippen molar-refractivity contribution >= 4 is 45.5 Å². The fourth-order valence-electron chi connectivity index (χ4n) is 2.67. The molecule has 0 N–H and O–H groups in total. The lowest BCUT2D eigenvalue weighted by Gasteiger charge is -2.27. The molecule has 2 rings (SSSR count). The van der Waals surface area contributed by atoms with Gasteiger partial charge in [0.2, 0.25) is 0 Å². The predicted molar refractivity (Wildman–Crippen MR) is 108 cm³/mol. The van der Waals surface area contributed by atoms with Crippen LogP contribution in [0.3, 0.4) is 0 Å². The maximum Gasteiger partial charge on any atom is 0.411 e. The van der Waals surface area contributed by atoms with Gasteiger partial charge in [-0.25, -0.2) is 9.59 Å². The van der Waals surface area contributed by atoms with Gasteiger partial charge in [0.1, 0.15) is 11.6 Å². The second-order valence-electron chi connectivity index (χ2n) is 7.28. The van der Waals surface area contributed by atoms with Crippen molar-refractivity contribution in [1.82, 2.24) is 4.90 Å². The molecule has 1 aromatic carbocycles. The molecule has 6 nitrogen and oxygen atoms in total. The molecule has 1 amide bonds. The van der Waals surface area contributed by atoms with E-state index in [1.807, 2.05) is 6.26 Å². The van der Waals surface area contributed by atoms with E-state index in [0.717, 1.165) is 4.47 Å². The van der Waals surface area contributed by atoms with Crippen molar-refractivity contribution in [1.29, 1.82) is 0 Å². The van der Waals surface area contributed by atoms with Gasteiger partial charge in [-0.3, -0.25) is 9.69 Å². The van der Waals surface area contributed by atoms with Crippen LogP contribution in [0.5, 0.6) is 0 Å². The van der Waals surface area contributed by atoms with Crippen molar-refractivity contribution in [3.05, 3.63) is 34.3 Å². The molecule has 1 saturated heterocycles. The van der Waals surface area contributed by atoms with Crippen molar-refractivity contribution in [2.75, 3.05) is 19.4 Å². The number of halogens is 1. The summed E-state index contributed by atoms with van der Waals surface area (Å²) in [5, 5.41) is 0.122. The van der Waals surface area contributed by atoms with E-state index in [1.54, 1.807) is 56.8 Å². The number of esters is 1. The molecule has 0 spiro atoms. The standard InChI is InChI=1S/C19H24BrNO5S/c1-19(2,3)26-18(24)21-10-14(27-4)9-15(21)17(23)25-11-16(22)12-5-7-13(20)8-6-12/h5-8,14-15H,9-11H2,1-4H3/t14-,15-/m0/s1. The van der Waals surface area contributed by atoms with Crippen LogP contribution in [0.4, 0.5) is 4.79 Å². The van der Waals surface area contributed by atoms with E-state index in [4.69, 9.17) is 9.47 Å². The number of nitrogens with zero attached hydrogens (tertiary/aromatic N) is 1. The molecule has 1 aliphatic rings. The maximum atomic E-state index is 12.5. The topological polar surface area (TPSA) is 72.9 Å². The Kier molecular flexibility index (Phi) is 7.33. The molecule has 0 bridgehead atoms. The molecule has 0 radical (unpaired) electrons. The molecule has 8 heteroatoms. The average molecular weight is 458 g/mol. The van der Waals surface area contributed by atoms with Crippen molar-refractivity contribution < 1.29 is 23.9 Å².